The van der Waals surface area contributed by atoms with Crippen molar-refractivity contribution in [1.29, 1.82) is 0 Å². The highest BCUT2D eigenvalue weighted by Gasteiger charge is 2.19. The molecule has 1 N–H and O–H groups in total. The van der Waals surface area contributed by atoms with Crippen LogP contribution in [0.2, 0.25) is 5.02 Å². The third-order valence-corrected chi connectivity index (χ3v) is 5.34. The van der Waals surface area contributed by atoms with Crippen LogP contribution >= 0.6 is 11.6 Å². The molecule has 0 atom stereocenters. The minimum atomic E-state index is -0.313. The molecule has 1 heterocycles. The highest BCUT2D eigenvalue weighted by Crippen LogP contribution is 2.31. The van der Waals surface area contributed by atoms with Crippen molar-refractivity contribution >= 4 is 29.1 Å². The highest BCUT2D eigenvalue weighted by atomic mass is 35.5. The summed E-state index contributed by atoms with van der Waals surface area (Å²) in [5, 5.41) is 4.10. The predicted octanol–water partition coefficient (Wildman–Crippen LogP) is 5.99. The van der Waals surface area contributed by atoms with Crippen LogP contribution in [-0.2, 0) is 17.6 Å². The summed E-state index contributed by atoms with van der Waals surface area (Å²) < 4.78 is 5.26. The summed E-state index contributed by atoms with van der Waals surface area (Å²) >= 11 is 6.03. The molecule has 0 radical (unpaired) electrons. The number of halogens is 1. The summed E-state index contributed by atoms with van der Waals surface area (Å²) in [7, 11) is 0. The Morgan fingerprint density at radius 2 is 1.90 bits per heavy atom. The molecule has 30 heavy (non-hydrogen) atoms. The SMILES string of the molecule is CCCOC(=O)c1cccc(Nc2nc(-c3ccc(Cl)cc3)nc3c2CCCC3)c1. The van der Waals surface area contributed by atoms with Crippen LogP contribution in [0.3, 0.4) is 0 Å². The Morgan fingerprint density at radius 1 is 1.10 bits per heavy atom. The number of hydrogen-bond donors (Lipinski definition) is 1. The van der Waals surface area contributed by atoms with Gasteiger partial charge >= 0.3 is 5.97 Å². The zero-order chi connectivity index (χ0) is 20.9. The summed E-state index contributed by atoms with van der Waals surface area (Å²) in [4.78, 5) is 21.9. The van der Waals surface area contributed by atoms with Gasteiger partial charge in [-0.2, -0.15) is 0 Å². The first kappa shape index (κ1) is 20.4. The van der Waals surface area contributed by atoms with E-state index in [-0.39, 0.29) is 5.97 Å². The molecule has 1 aromatic heterocycles. The molecule has 0 amide bonds. The van der Waals surface area contributed by atoms with Gasteiger partial charge in [-0.3, -0.25) is 0 Å². The molecule has 0 bridgehead atoms. The van der Waals surface area contributed by atoms with Gasteiger partial charge in [0.1, 0.15) is 5.82 Å². The number of rotatable bonds is 6. The van der Waals surface area contributed by atoms with Crippen LogP contribution in [0.1, 0.15) is 47.8 Å². The highest BCUT2D eigenvalue weighted by molar-refractivity contribution is 6.30. The third-order valence-electron chi connectivity index (χ3n) is 5.08. The van der Waals surface area contributed by atoms with E-state index in [0.29, 0.717) is 23.0 Å². The second-order valence-electron chi connectivity index (χ2n) is 7.38. The number of fused-ring (bicyclic) bond motifs is 1. The van der Waals surface area contributed by atoms with Crippen molar-refractivity contribution < 1.29 is 9.53 Å². The van der Waals surface area contributed by atoms with E-state index in [1.54, 1.807) is 12.1 Å². The number of ether oxygens (including phenoxy) is 1. The number of anilines is 2. The van der Waals surface area contributed by atoms with Gasteiger partial charge in [0.2, 0.25) is 0 Å². The van der Waals surface area contributed by atoms with Crippen molar-refractivity contribution in [2.24, 2.45) is 0 Å². The monoisotopic (exact) mass is 421 g/mol. The molecule has 1 aliphatic rings. The number of carbonyl (C=O) groups is 1. The van der Waals surface area contributed by atoms with E-state index in [1.165, 1.54) is 0 Å². The van der Waals surface area contributed by atoms with E-state index in [0.717, 1.165) is 60.4 Å². The Kier molecular flexibility index (Phi) is 6.29. The first-order valence-electron chi connectivity index (χ1n) is 10.3. The Balaban J connectivity index is 1.67. The molecule has 0 saturated heterocycles. The Morgan fingerprint density at radius 3 is 2.70 bits per heavy atom. The van der Waals surface area contributed by atoms with E-state index < -0.39 is 0 Å². The van der Waals surface area contributed by atoms with Gasteiger partial charge in [0.15, 0.2) is 5.82 Å². The largest absolute Gasteiger partial charge is 0.462 e. The van der Waals surface area contributed by atoms with Crippen LogP contribution in [0.5, 0.6) is 0 Å². The zero-order valence-electron chi connectivity index (χ0n) is 17.0. The van der Waals surface area contributed by atoms with E-state index in [2.05, 4.69) is 5.32 Å². The van der Waals surface area contributed by atoms with E-state index in [4.69, 9.17) is 26.3 Å². The first-order valence-corrected chi connectivity index (χ1v) is 10.7. The topological polar surface area (TPSA) is 64.1 Å². The molecule has 154 valence electrons. The van der Waals surface area contributed by atoms with E-state index >= 15 is 0 Å². The molecule has 0 spiro atoms. The van der Waals surface area contributed by atoms with E-state index in [9.17, 15) is 4.79 Å². The van der Waals surface area contributed by atoms with Gasteiger partial charge in [-0.25, -0.2) is 14.8 Å². The maximum atomic E-state index is 12.2. The average molecular weight is 422 g/mol. The van der Waals surface area contributed by atoms with Crippen LogP contribution in [0.25, 0.3) is 11.4 Å². The van der Waals surface area contributed by atoms with Gasteiger partial charge in [-0.15, -0.1) is 0 Å². The molecule has 4 rings (SSSR count). The summed E-state index contributed by atoms with van der Waals surface area (Å²) in [5.41, 5.74) is 4.48. The van der Waals surface area contributed by atoms with Crippen LogP contribution in [0.4, 0.5) is 11.5 Å². The molecule has 0 aliphatic heterocycles. The van der Waals surface area contributed by atoms with Gasteiger partial charge in [0.25, 0.3) is 0 Å². The smallest absolute Gasteiger partial charge is 0.338 e. The maximum Gasteiger partial charge on any atom is 0.338 e. The molecule has 6 heteroatoms. The number of carbonyl (C=O) groups excluding carboxylic acids is 1. The minimum Gasteiger partial charge on any atom is -0.462 e. The summed E-state index contributed by atoms with van der Waals surface area (Å²) in [6.45, 7) is 2.39. The van der Waals surface area contributed by atoms with Gasteiger partial charge < -0.3 is 10.1 Å². The Hall–Kier alpha value is -2.92. The number of hydrogen-bond acceptors (Lipinski definition) is 5. The lowest BCUT2D eigenvalue weighted by Crippen LogP contribution is -2.12. The third kappa shape index (κ3) is 4.62. The molecular formula is C24H24ClN3O2. The van der Waals surface area contributed by atoms with Crippen molar-refractivity contribution in [3.05, 3.63) is 70.4 Å². The van der Waals surface area contributed by atoms with Gasteiger partial charge in [-0.1, -0.05) is 24.6 Å². The van der Waals surface area contributed by atoms with Gasteiger partial charge in [0, 0.05) is 27.5 Å². The predicted molar refractivity (Wildman–Crippen MR) is 119 cm³/mol. The first-order chi connectivity index (χ1) is 14.6. The molecule has 1 aliphatic carbocycles. The van der Waals surface area contributed by atoms with Crippen molar-refractivity contribution in [2.75, 3.05) is 11.9 Å². The van der Waals surface area contributed by atoms with Crippen molar-refractivity contribution in [3.63, 3.8) is 0 Å². The fraction of sp³-hybridized carbons (Fsp3) is 0.292. The van der Waals surface area contributed by atoms with Crippen LogP contribution < -0.4 is 5.32 Å². The second-order valence-corrected chi connectivity index (χ2v) is 7.81. The molecule has 2 aromatic carbocycles. The van der Waals surface area contributed by atoms with Crippen molar-refractivity contribution in [2.45, 2.75) is 39.0 Å². The number of benzene rings is 2. The van der Waals surface area contributed by atoms with Crippen LogP contribution in [0, 0.1) is 0 Å². The lowest BCUT2D eigenvalue weighted by atomic mass is 9.96. The minimum absolute atomic E-state index is 0.313. The summed E-state index contributed by atoms with van der Waals surface area (Å²) in [5.74, 6) is 1.16. The maximum absolute atomic E-state index is 12.2. The van der Waals surface area contributed by atoms with Gasteiger partial charge in [0.05, 0.1) is 12.2 Å². The van der Waals surface area contributed by atoms with E-state index in [1.807, 2.05) is 43.3 Å². The fourth-order valence-corrected chi connectivity index (χ4v) is 3.69. The number of nitrogens with one attached hydrogen (secondary N) is 1. The summed E-state index contributed by atoms with van der Waals surface area (Å²) in [6.07, 6.45) is 4.93. The molecule has 0 unspecified atom stereocenters. The second kappa shape index (κ2) is 9.26. The standard InChI is InChI=1S/C24H24ClN3O2/c1-2-14-30-24(29)17-6-5-7-19(15-17)26-23-20-8-3-4-9-21(20)27-22(28-23)16-10-12-18(25)13-11-16/h5-7,10-13,15H,2-4,8-9,14H2,1H3,(H,26,27,28). The van der Waals surface area contributed by atoms with Crippen LogP contribution in [-0.4, -0.2) is 22.5 Å². The van der Waals surface area contributed by atoms with Crippen molar-refractivity contribution in [3.8, 4) is 11.4 Å². The lowest BCUT2D eigenvalue weighted by molar-refractivity contribution is 0.0505. The van der Waals surface area contributed by atoms with Crippen molar-refractivity contribution in [1.82, 2.24) is 9.97 Å². The molecule has 0 saturated carbocycles. The van der Waals surface area contributed by atoms with Gasteiger partial charge in [-0.05, 0) is 74.6 Å². The summed E-state index contributed by atoms with van der Waals surface area (Å²) in [6, 6.07) is 14.9. The Labute approximate surface area is 181 Å². The molecule has 5 nitrogen and oxygen atoms in total. The van der Waals surface area contributed by atoms with Crippen LogP contribution in [0.15, 0.2) is 48.5 Å². The number of aromatic nitrogens is 2. The fourth-order valence-electron chi connectivity index (χ4n) is 3.56. The lowest BCUT2D eigenvalue weighted by Gasteiger charge is -2.20. The molecule has 3 aromatic rings. The average Bonchev–Trinajstić information content (AvgIpc) is 2.78. The number of aryl methyl sites for hydroxylation is 1. The quantitative estimate of drug-likeness (QED) is 0.495. The molecular weight excluding hydrogens is 398 g/mol. The molecule has 0 fully saturated rings. The number of esters is 1. The normalized spacial score (nSPS) is 12.9. The Bertz CT molecular complexity index is 1050. The zero-order valence-corrected chi connectivity index (χ0v) is 17.7. The number of nitrogens with zero attached hydrogens (tertiary/aromatic N) is 2.